The predicted molar refractivity (Wildman–Crippen MR) is 98.2 cm³/mol. The molecule has 0 radical (unpaired) electrons. The molecule has 1 rings (SSSR count). The molecule has 24 heavy (non-hydrogen) atoms. The second-order valence-corrected chi connectivity index (χ2v) is 7.10. The van der Waals surface area contributed by atoms with Crippen molar-refractivity contribution < 1.29 is 24.8 Å². The smallest absolute Gasteiger partial charge is 0.160 e. The molecule has 0 aliphatic carbocycles. The molecule has 1 heterocycles. The third-order valence-corrected chi connectivity index (χ3v) is 4.83. The van der Waals surface area contributed by atoms with Crippen molar-refractivity contribution in [1.29, 1.82) is 0 Å². The molecule has 0 spiro atoms. The molecule has 0 aromatic rings. The minimum atomic E-state index is -1.15. The number of rotatable bonds is 12. The van der Waals surface area contributed by atoms with E-state index in [4.69, 9.17) is 26.8 Å². The normalized spacial score (nSPS) is 27.2. The lowest BCUT2D eigenvalue weighted by molar-refractivity contribution is -0.191. The standard InChI is InChI=1S/C18H34O5S/c1-2-3-4-5-6-7-8-9-10-11-16(24)23-15-13-22-14(12-19)17(20)18(15)21/h14-15,17-21H,2-13H2,1H3/t14-,15+,17-,18-/m1/s1. The van der Waals surface area contributed by atoms with E-state index in [2.05, 4.69) is 6.92 Å². The zero-order chi connectivity index (χ0) is 17.8. The van der Waals surface area contributed by atoms with Gasteiger partial charge in [-0.15, -0.1) is 0 Å². The maximum absolute atomic E-state index is 9.99. The summed E-state index contributed by atoms with van der Waals surface area (Å²) in [6.45, 7) is 2.03. The van der Waals surface area contributed by atoms with E-state index in [-0.39, 0.29) is 13.2 Å². The van der Waals surface area contributed by atoms with E-state index < -0.39 is 24.4 Å². The van der Waals surface area contributed by atoms with Gasteiger partial charge in [0.25, 0.3) is 0 Å². The average Bonchev–Trinajstić information content (AvgIpc) is 2.58. The second-order valence-electron chi connectivity index (χ2n) is 6.64. The minimum absolute atomic E-state index is 0.126. The molecule has 0 saturated carbocycles. The Morgan fingerprint density at radius 2 is 1.58 bits per heavy atom. The largest absolute Gasteiger partial charge is 0.479 e. The van der Waals surface area contributed by atoms with Gasteiger partial charge in [0, 0.05) is 6.42 Å². The molecule has 0 aromatic carbocycles. The van der Waals surface area contributed by atoms with Crippen LogP contribution < -0.4 is 0 Å². The Morgan fingerprint density at radius 3 is 2.17 bits per heavy atom. The second kappa shape index (κ2) is 13.0. The first-order chi connectivity index (χ1) is 11.6. The Bertz CT molecular complexity index is 339. The summed E-state index contributed by atoms with van der Waals surface area (Å²) in [6.07, 6.45) is 8.30. The van der Waals surface area contributed by atoms with E-state index in [0.29, 0.717) is 11.5 Å². The summed E-state index contributed by atoms with van der Waals surface area (Å²) in [7, 11) is 0. The fourth-order valence-electron chi connectivity index (χ4n) is 2.93. The van der Waals surface area contributed by atoms with Gasteiger partial charge in [0.15, 0.2) is 11.2 Å². The van der Waals surface area contributed by atoms with Gasteiger partial charge in [-0.2, -0.15) is 0 Å². The van der Waals surface area contributed by atoms with Crippen molar-refractivity contribution in [2.24, 2.45) is 0 Å². The molecule has 0 aromatic heterocycles. The minimum Gasteiger partial charge on any atom is -0.479 e. The molecular weight excluding hydrogens is 328 g/mol. The summed E-state index contributed by atoms with van der Waals surface area (Å²) in [5.41, 5.74) is 0. The SMILES string of the molecule is CCCCCCCCCCCC(=S)O[C@H]1CO[C@H](CO)[C@@H](O)[C@@H]1O. The number of aliphatic hydroxyl groups is 3. The zero-order valence-electron chi connectivity index (χ0n) is 14.9. The van der Waals surface area contributed by atoms with E-state index in [1.807, 2.05) is 0 Å². The molecule has 1 aliphatic heterocycles. The van der Waals surface area contributed by atoms with Crippen LogP contribution in [0.4, 0.5) is 0 Å². The summed E-state index contributed by atoms with van der Waals surface area (Å²) in [6, 6.07) is 0. The molecule has 5 nitrogen and oxygen atoms in total. The van der Waals surface area contributed by atoms with Crippen LogP contribution in [0.3, 0.4) is 0 Å². The van der Waals surface area contributed by atoms with Crippen molar-refractivity contribution >= 4 is 17.3 Å². The predicted octanol–water partition coefficient (Wildman–Crippen LogP) is 2.73. The third kappa shape index (κ3) is 8.21. The van der Waals surface area contributed by atoms with Crippen molar-refractivity contribution in [2.75, 3.05) is 13.2 Å². The monoisotopic (exact) mass is 362 g/mol. The molecule has 0 bridgehead atoms. The van der Waals surface area contributed by atoms with E-state index in [1.54, 1.807) is 0 Å². The number of thiocarbonyl (C=S) groups is 1. The molecule has 1 aliphatic rings. The van der Waals surface area contributed by atoms with Gasteiger partial charge in [0.05, 0.1) is 13.2 Å². The van der Waals surface area contributed by atoms with Crippen molar-refractivity contribution in [3.8, 4) is 0 Å². The lowest BCUT2D eigenvalue weighted by Crippen LogP contribution is -2.55. The van der Waals surface area contributed by atoms with Gasteiger partial charge in [0.1, 0.15) is 18.3 Å². The van der Waals surface area contributed by atoms with Gasteiger partial charge in [0.2, 0.25) is 0 Å². The number of aliphatic hydroxyl groups excluding tert-OH is 3. The Balaban J connectivity index is 2.06. The van der Waals surface area contributed by atoms with Crippen LogP contribution in [0.15, 0.2) is 0 Å². The van der Waals surface area contributed by atoms with Crippen molar-refractivity contribution in [3.63, 3.8) is 0 Å². The van der Waals surface area contributed by atoms with Crippen LogP contribution in [0.2, 0.25) is 0 Å². The highest BCUT2D eigenvalue weighted by Crippen LogP contribution is 2.19. The molecule has 0 amide bonds. The number of hydrogen-bond donors (Lipinski definition) is 3. The molecule has 3 N–H and O–H groups in total. The summed E-state index contributed by atoms with van der Waals surface area (Å²) in [5, 5.41) is 29.3. The quantitative estimate of drug-likeness (QED) is 0.366. The lowest BCUT2D eigenvalue weighted by atomic mass is 10.0. The van der Waals surface area contributed by atoms with Crippen LogP contribution >= 0.6 is 12.2 Å². The molecule has 0 unspecified atom stereocenters. The van der Waals surface area contributed by atoms with Crippen LogP contribution in [0.5, 0.6) is 0 Å². The summed E-state index contributed by atoms with van der Waals surface area (Å²) in [5.74, 6) is 0. The van der Waals surface area contributed by atoms with E-state index >= 15 is 0 Å². The zero-order valence-corrected chi connectivity index (χ0v) is 15.7. The molecular formula is C18H34O5S. The van der Waals surface area contributed by atoms with Gasteiger partial charge in [-0.3, -0.25) is 0 Å². The van der Waals surface area contributed by atoms with Crippen LogP contribution in [0.1, 0.15) is 71.1 Å². The number of unbranched alkanes of at least 4 members (excludes halogenated alkanes) is 8. The van der Waals surface area contributed by atoms with E-state index in [0.717, 1.165) is 12.8 Å². The number of hydrogen-bond acceptors (Lipinski definition) is 6. The maximum atomic E-state index is 9.99. The van der Waals surface area contributed by atoms with E-state index in [1.165, 1.54) is 44.9 Å². The van der Waals surface area contributed by atoms with Crippen LogP contribution in [-0.4, -0.2) is 58.0 Å². The molecule has 6 heteroatoms. The molecule has 4 atom stereocenters. The fraction of sp³-hybridized carbons (Fsp3) is 0.944. The highest BCUT2D eigenvalue weighted by Gasteiger charge is 2.39. The first-order valence-corrected chi connectivity index (χ1v) is 9.79. The van der Waals surface area contributed by atoms with Gasteiger partial charge in [-0.05, 0) is 18.6 Å². The maximum Gasteiger partial charge on any atom is 0.160 e. The van der Waals surface area contributed by atoms with Gasteiger partial charge >= 0.3 is 0 Å². The van der Waals surface area contributed by atoms with Crippen LogP contribution in [0, 0.1) is 0 Å². The Morgan fingerprint density at radius 1 is 1.00 bits per heavy atom. The highest BCUT2D eigenvalue weighted by molar-refractivity contribution is 7.80. The fourth-order valence-corrected chi connectivity index (χ4v) is 3.20. The summed E-state index contributed by atoms with van der Waals surface area (Å²) >= 11 is 5.21. The summed E-state index contributed by atoms with van der Waals surface area (Å²) < 4.78 is 10.8. The highest BCUT2D eigenvalue weighted by atomic mass is 32.1. The third-order valence-electron chi connectivity index (χ3n) is 4.53. The Kier molecular flexibility index (Phi) is 11.8. The lowest BCUT2D eigenvalue weighted by Gasteiger charge is -2.36. The van der Waals surface area contributed by atoms with Gasteiger partial charge in [-0.1, -0.05) is 58.3 Å². The van der Waals surface area contributed by atoms with Crippen molar-refractivity contribution in [2.45, 2.75) is 95.5 Å². The molecule has 1 saturated heterocycles. The number of ether oxygens (including phenoxy) is 2. The van der Waals surface area contributed by atoms with Gasteiger partial charge in [-0.25, -0.2) is 0 Å². The average molecular weight is 363 g/mol. The molecule has 1 fully saturated rings. The first kappa shape index (κ1) is 21.8. The Labute approximate surface area is 151 Å². The van der Waals surface area contributed by atoms with E-state index in [9.17, 15) is 10.2 Å². The Hall–Kier alpha value is -0.270. The van der Waals surface area contributed by atoms with Crippen molar-refractivity contribution in [3.05, 3.63) is 0 Å². The topological polar surface area (TPSA) is 79.2 Å². The summed E-state index contributed by atoms with van der Waals surface area (Å²) in [4.78, 5) is 0. The van der Waals surface area contributed by atoms with Crippen molar-refractivity contribution in [1.82, 2.24) is 0 Å². The molecule has 142 valence electrons. The van der Waals surface area contributed by atoms with Crippen LogP contribution in [0.25, 0.3) is 0 Å². The van der Waals surface area contributed by atoms with Gasteiger partial charge < -0.3 is 24.8 Å². The first-order valence-electron chi connectivity index (χ1n) is 9.38. The van der Waals surface area contributed by atoms with Crippen LogP contribution in [-0.2, 0) is 9.47 Å².